The fourth-order valence-electron chi connectivity index (χ4n) is 3.09. The van der Waals surface area contributed by atoms with Gasteiger partial charge in [0, 0.05) is 25.0 Å². The van der Waals surface area contributed by atoms with Crippen molar-refractivity contribution in [3.05, 3.63) is 52.3 Å². The summed E-state index contributed by atoms with van der Waals surface area (Å²) >= 11 is 0. The molecule has 33 heavy (non-hydrogen) atoms. The molecule has 3 aromatic rings. The highest BCUT2D eigenvalue weighted by Crippen LogP contribution is 2.31. The summed E-state index contributed by atoms with van der Waals surface area (Å²) in [6, 6.07) is 7.76. The number of hydrogen-bond donors (Lipinski definition) is 1. The lowest BCUT2D eigenvalue weighted by molar-refractivity contribution is -0.137. The van der Waals surface area contributed by atoms with Crippen LogP contribution in [0.3, 0.4) is 0 Å². The van der Waals surface area contributed by atoms with E-state index in [-0.39, 0.29) is 36.9 Å². The Labute approximate surface area is 188 Å². The molecule has 0 atom stereocenters. The van der Waals surface area contributed by atoms with Crippen molar-refractivity contribution in [2.75, 3.05) is 37.1 Å². The Balaban J connectivity index is 2.02. The van der Waals surface area contributed by atoms with Crippen LogP contribution in [0.25, 0.3) is 22.4 Å². The number of anilines is 1. The number of ether oxygens (including phenoxy) is 1. The zero-order valence-electron chi connectivity index (χ0n) is 18.0. The maximum Gasteiger partial charge on any atom is 0.416 e. The fraction of sp³-hybridized carbons (Fsp3) is 0.381. The van der Waals surface area contributed by atoms with Crippen molar-refractivity contribution in [3.8, 4) is 11.3 Å². The van der Waals surface area contributed by atoms with Crippen molar-refractivity contribution in [2.45, 2.75) is 19.6 Å². The summed E-state index contributed by atoms with van der Waals surface area (Å²) in [7, 11) is -3.23. The van der Waals surface area contributed by atoms with E-state index in [1.807, 2.05) is 6.92 Å². The van der Waals surface area contributed by atoms with Gasteiger partial charge in [0.2, 0.25) is 0 Å². The number of halogens is 3. The Kier molecular flexibility index (Phi) is 7.38. The standard InChI is InChI=1S/C21H23F3N4O4S/c1-3-32-12-11-28-19-17(26-18(20(28)29)25-10-13-33(2,30)31)9-8-16(27-19)14-4-6-15(7-5-14)21(22,23)24/h4-9H,3,10-13H2,1-2H3,(H,25,26). The van der Waals surface area contributed by atoms with Gasteiger partial charge in [0.05, 0.1) is 30.2 Å². The molecule has 0 aliphatic heterocycles. The number of alkyl halides is 3. The number of benzene rings is 1. The van der Waals surface area contributed by atoms with Crippen LogP contribution in [0.2, 0.25) is 0 Å². The second-order valence-electron chi connectivity index (χ2n) is 7.29. The Morgan fingerprint density at radius 1 is 1.09 bits per heavy atom. The zero-order chi connectivity index (χ0) is 24.2. The number of nitrogens with one attached hydrogen (secondary N) is 1. The van der Waals surface area contributed by atoms with Gasteiger partial charge in [-0.25, -0.2) is 18.4 Å². The normalized spacial score (nSPS) is 12.3. The van der Waals surface area contributed by atoms with E-state index in [0.717, 1.165) is 18.4 Å². The van der Waals surface area contributed by atoms with Gasteiger partial charge in [0.25, 0.3) is 5.56 Å². The fourth-order valence-corrected chi connectivity index (χ4v) is 3.56. The molecule has 1 N–H and O–H groups in total. The molecule has 0 fully saturated rings. The smallest absolute Gasteiger partial charge is 0.380 e. The molecule has 0 radical (unpaired) electrons. The van der Waals surface area contributed by atoms with Gasteiger partial charge < -0.3 is 10.1 Å². The van der Waals surface area contributed by atoms with Crippen molar-refractivity contribution in [1.29, 1.82) is 0 Å². The molecule has 0 aliphatic carbocycles. The Hall–Kier alpha value is -2.99. The summed E-state index contributed by atoms with van der Waals surface area (Å²) in [4.78, 5) is 21.8. The third kappa shape index (κ3) is 6.29. The van der Waals surface area contributed by atoms with E-state index in [4.69, 9.17) is 4.74 Å². The lowest BCUT2D eigenvalue weighted by Gasteiger charge is -2.14. The van der Waals surface area contributed by atoms with Crippen molar-refractivity contribution >= 4 is 26.8 Å². The van der Waals surface area contributed by atoms with Crippen LogP contribution in [0, 0.1) is 0 Å². The third-order valence-electron chi connectivity index (χ3n) is 4.73. The largest absolute Gasteiger partial charge is 0.416 e. The first-order valence-corrected chi connectivity index (χ1v) is 12.1. The Morgan fingerprint density at radius 2 is 1.79 bits per heavy atom. The molecule has 3 rings (SSSR count). The minimum absolute atomic E-state index is 0.00903. The molecule has 0 spiro atoms. The van der Waals surface area contributed by atoms with Crippen molar-refractivity contribution in [1.82, 2.24) is 14.5 Å². The molecule has 12 heteroatoms. The van der Waals surface area contributed by atoms with Gasteiger partial charge in [0.15, 0.2) is 11.5 Å². The monoisotopic (exact) mass is 484 g/mol. The molecular formula is C21H23F3N4O4S. The van der Waals surface area contributed by atoms with E-state index in [1.54, 1.807) is 12.1 Å². The number of rotatable bonds is 9. The maximum atomic E-state index is 13.0. The van der Waals surface area contributed by atoms with Gasteiger partial charge in [-0.15, -0.1) is 0 Å². The molecule has 0 saturated heterocycles. The number of fused-ring (bicyclic) bond motifs is 1. The number of hydrogen-bond acceptors (Lipinski definition) is 7. The lowest BCUT2D eigenvalue weighted by Crippen LogP contribution is -2.29. The molecule has 178 valence electrons. The molecule has 0 bridgehead atoms. The molecule has 8 nitrogen and oxygen atoms in total. The van der Waals surface area contributed by atoms with E-state index in [1.165, 1.54) is 16.7 Å². The van der Waals surface area contributed by atoms with Crippen LogP contribution in [0.5, 0.6) is 0 Å². The highest BCUT2D eigenvalue weighted by atomic mass is 32.2. The Bertz CT molecular complexity index is 1290. The molecule has 2 aromatic heterocycles. The van der Waals surface area contributed by atoms with E-state index >= 15 is 0 Å². The summed E-state index contributed by atoms with van der Waals surface area (Å²) in [6.45, 7) is 2.66. The van der Waals surface area contributed by atoms with Gasteiger partial charge in [-0.05, 0) is 31.2 Å². The molecule has 1 aromatic carbocycles. The highest BCUT2D eigenvalue weighted by molar-refractivity contribution is 7.90. The minimum Gasteiger partial charge on any atom is -0.380 e. The minimum atomic E-state index is -4.44. The second-order valence-corrected chi connectivity index (χ2v) is 9.54. The summed E-state index contributed by atoms with van der Waals surface area (Å²) in [5.74, 6) is -0.192. The van der Waals surface area contributed by atoms with Crippen LogP contribution in [-0.4, -0.2) is 54.7 Å². The molecular weight excluding hydrogens is 461 g/mol. The number of aromatic nitrogens is 3. The van der Waals surface area contributed by atoms with Crippen LogP contribution in [-0.2, 0) is 27.3 Å². The van der Waals surface area contributed by atoms with Gasteiger partial charge in [-0.1, -0.05) is 12.1 Å². The van der Waals surface area contributed by atoms with Crippen molar-refractivity contribution < 1.29 is 26.3 Å². The third-order valence-corrected chi connectivity index (χ3v) is 5.67. The van der Waals surface area contributed by atoms with Crippen LogP contribution in [0.1, 0.15) is 12.5 Å². The quantitative estimate of drug-likeness (QED) is 0.466. The summed E-state index contributed by atoms with van der Waals surface area (Å²) in [5, 5.41) is 2.76. The molecule has 0 saturated carbocycles. The average Bonchev–Trinajstić information content (AvgIpc) is 2.74. The number of pyridine rings is 1. The first-order chi connectivity index (χ1) is 15.5. The summed E-state index contributed by atoms with van der Waals surface area (Å²) in [6.07, 6.45) is -3.35. The van der Waals surface area contributed by atoms with Crippen LogP contribution < -0.4 is 10.9 Å². The maximum absolute atomic E-state index is 13.0. The van der Waals surface area contributed by atoms with Gasteiger partial charge in [0.1, 0.15) is 15.4 Å². The first-order valence-electron chi connectivity index (χ1n) is 10.1. The van der Waals surface area contributed by atoms with E-state index < -0.39 is 27.1 Å². The van der Waals surface area contributed by atoms with Gasteiger partial charge in [-0.2, -0.15) is 13.2 Å². The van der Waals surface area contributed by atoms with Crippen molar-refractivity contribution in [2.24, 2.45) is 0 Å². The summed E-state index contributed by atoms with van der Waals surface area (Å²) in [5.41, 5.74) is 0.152. The SMILES string of the molecule is CCOCCn1c(=O)c(NCCS(C)(=O)=O)nc2ccc(-c3ccc(C(F)(F)F)cc3)nc21. The Morgan fingerprint density at radius 3 is 2.39 bits per heavy atom. The topological polar surface area (TPSA) is 103 Å². The highest BCUT2D eigenvalue weighted by Gasteiger charge is 2.30. The number of sulfone groups is 1. The van der Waals surface area contributed by atoms with Gasteiger partial charge in [-0.3, -0.25) is 9.36 Å². The lowest BCUT2D eigenvalue weighted by atomic mass is 10.1. The molecule has 0 unspecified atom stereocenters. The van der Waals surface area contributed by atoms with Crippen LogP contribution in [0.15, 0.2) is 41.2 Å². The average molecular weight is 485 g/mol. The summed E-state index contributed by atoms with van der Waals surface area (Å²) < 4.78 is 68.0. The molecule has 2 heterocycles. The first kappa shape index (κ1) is 24.6. The van der Waals surface area contributed by atoms with Gasteiger partial charge >= 0.3 is 6.18 Å². The van der Waals surface area contributed by atoms with Crippen LogP contribution >= 0.6 is 0 Å². The second kappa shape index (κ2) is 9.87. The zero-order valence-corrected chi connectivity index (χ0v) is 18.8. The predicted octanol–water partition coefficient (Wildman–Crippen LogP) is 2.97. The van der Waals surface area contributed by atoms with E-state index in [2.05, 4.69) is 15.3 Å². The predicted molar refractivity (Wildman–Crippen MR) is 119 cm³/mol. The molecule has 0 aliphatic rings. The number of nitrogens with zero attached hydrogens (tertiary/aromatic N) is 3. The van der Waals surface area contributed by atoms with E-state index in [0.29, 0.717) is 23.4 Å². The molecule has 0 amide bonds. The van der Waals surface area contributed by atoms with Crippen molar-refractivity contribution in [3.63, 3.8) is 0 Å². The van der Waals surface area contributed by atoms with Crippen LogP contribution in [0.4, 0.5) is 19.0 Å². The van der Waals surface area contributed by atoms with E-state index in [9.17, 15) is 26.4 Å².